The van der Waals surface area contributed by atoms with E-state index in [0.717, 1.165) is 44.5 Å². The van der Waals surface area contributed by atoms with Crippen LogP contribution in [0.5, 0.6) is 0 Å². The standard InChI is InChI=1S/C13H22N2O3S/c16-10-11-4-2-1-3-6-15(11)12(17)5-7-14-8-9-19-13(14)18/h11,16H,1-10H2. The van der Waals surface area contributed by atoms with Gasteiger partial charge >= 0.3 is 0 Å². The minimum absolute atomic E-state index is 0.0290. The average molecular weight is 286 g/mol. The van der Waals surface area contributed by atoms with Gasteiger partial charge in [0.2, 0.25) is 5.91 Å². The first-order chi connectivity index (χ1) is 9.22. The predicted octanol–water partition coefficient (Wildman–Crippen LogP) is 1.31. The van der Waals surface area contributed by atoms with E-state index in [-0.39, 0.29) is 23.8 Å². The molecule has 108 valence electrons. The predicted molar refractivity (Wildman–Crippen MR) is 75.1 cm³/mol. The van der Waals surface area contributed by atoms with E-state index in [1.807, 2.05) is 4.90 Å². The molecule has 0 aliphatic carbocycles. The second-order valence-corrected chi connectivity index (χ2v) is 6.17. The molecule has 1 atom stereocenters. The van der Waals surface area contributed by atoms with Crippen LogP contribution in [0, 0.1) is 0 Å². The third-order valence-corrected chi connectivity index (χ3v) is 4.74. The molecule has 5 nitrogen and oxygen atoms in total. The van der Waals surface area contributed by atoms with Crippen LogP contribution >= 0.6 is 11.8 Å². The van der Waals surface area contributed by atoms with Gasteiger partial charge in [-0.15, -0.1) is 0 Å². The van der Waals surface area contributed by atoms with Gasteiger partial charge in [-0.05, 0) is 12.8 Å². The topological polar surface area (TPSA) is 60.9 Å². The minimum Gasteiger partial charge on any atom is -0.394 e. The van der Waals surface area contributed by atoms with Gasteiger partial charge in [0.05, 0.1) is 12.6 Å². The first-order valence-electron chi connectivity index (χ1n) is 7.04. The molecule has 1 N–H and O–H groups in total. The molecular formula is C13H22N2O3S. The summed E-state index contributed by atoms with van der Waals surface area (Å²) in [4.78, 5) is 27.3. The highest BCUT2D eigenvalue weighted by molar-refractivity contribution is 8.13. The van der Waals surface area contributed by atoms with Crippen molar-refractivity contribution in [3.8, 4) is 0 Å². The molecule has 0 bridgehead atoms. The Hall–Kier alpha value is -0.750. The summed E-state index contributed by atoms with van der Waals surface area (Å²) in [6.07, 6.45) is 4.49. The maximum atomic E-state index is 12.3. The second-order valence-electron chi connectivity index (χ2n) is 5.12. The number of carbonyl (C=O) groups is 2. The number of aliphatic hydroxyl groups excluding tert-OH is 1. The summed E-state index contributed by atoms with van der Waals surface area (Å²) in [6.45, 7) is 2.05. The minimum atomic E-state index is -0.0290. The summed E-state index contributed by atoms with van der Waals surface area (Å²) in [5.74, 6) is 0.904. The number of amides is 2. The molecular weight excluding hydrogens is 264 g/mol. The molecule has 0 spiro atoms. The van der Waals surface area contributed by atoms with Crippen molar-refractivity contribution in [2.45, 2.75) is 38.1 Å². The van der Waals surface area contributed by atoms with Crippen LogP contribution in [0.25, 0.3) is 0 Å². The third-order valence-electron chi connectivity index (χ3n) is 3.85. The number of nitrogens with zero attached hydrogens (tertiary/aromatic N) is 2. The monoisotopic (exact) mass is 286 g/mol. The smallest absolute Gasteiger partial charge is 0.281 e. The van der Waals surface area contributed by atoms with Gasteiger partial charge in [0.15, 0.2) is 0 Å². The van der Waals surface area contributed by atoms with Crippen LogP contribution in [0.3, 0.4) is 0 Å². The van der Waals surface area contributed by atoms with Crippen LogP contribution in [0.2, 0.25) is 0 Å². The Bertz CT molecular complexity index is 338. The number of hydrogen-bond acceptors (Lipinski definition) is 4. The molecule has 6 heteroatoms. The Kier molecular flexibility index (Phi) is 5.51. The maximum Gasteiger partial charge on any atom is 0.281 e. The number of rotatable bonds is 4. The van der Waals surface area contributed by atoms with Gasteiger partial charge in [0.1, 0.15) is 0 Å². The van der Waals surface area contributed by atoms with E-state index in [0.29, 0.717) is 13.0 Å². The van der Waals surface area contributed by atoms with Gasteiger partial charge in [-0.3, -0.25) is 9.59 Å². The maximum absolute atomic E-state index is 12.3. The SMILES string of the molecule is O=C1SCCN1CCC(=O)N1CCCCCC1CO. The molecule has 0 saturated carbocycles. The zero-order valence-electron chi connectivity index (χ0n) is 11.2. The highest BCUT2D eigenvalue weighted by Crippen LogP contribution is 2.20. The zero-order valence-corrected chi connectivity index (χ0v) is 12.0. The molecule has 2 aliphatic heterocycles. The fourth-order valence-corrected chi connectivity index (χ4v) is 3.55. The average Bonchev–Trinajstić information content (AvgIpc) is 2.68. The lowest BCUT2D eigenvalue weighted by molar-refractivity contribution is -0.134. The van der Waals surface area contributed by atoms with Gasteiger partial charge in [0, 0.05) is 31.8 Å². The first-order valence-corrected chi connectivity index (χ1v) is 8.03. The fraction of sp³-hybridized carbons (Fsp3) is 0.846. The summed E-state index contributed by atoms with van der Waals surface area (Å²) in [6, 6.07) is -0.0290. The lowest BCUT2D eigenvalue weighted by Crippen LogP contribution is -2.43. The Morgan fingerprint density at radius 3 is 2.84 bits per heavy atom. The Balaban J connectivity index is 1.84. The van der Waals surface area contributed by atoms with E-state index in [1.54, 1.807) is 4.90 Å². The summed E-state index contributed by atoms with van der Waals surface area (Å²) >= 11 is 1.32. The highest BCUT2D eigenvalue weighted by atomic mass is 32.2. The number of hydrogen-bond donors (Lipinski definition) is 1. The fourth-order valence-electron chi connectivity index (χ4n) is 2.70. The normalized spacial score (nSPS) is 24.7. The molecule has 2 saturated heterocycles. The lowest BCUT2D eigenvalue weighted by atomic mass is 10.1. The van der Waals surface area contributed by atoms with E-state index in [2.05, 4.69) is 0 Å². The van der Waals surface area contributed by atoms with Gasteiger partial charge in [0.25, 0.3) is 5.24 Å². The lowest BCUT2D eigenvalue weighted by Gasteiger charge is -2.29. The molecule has 2 fully saturated rings. The second kappa shape index (κ2) is 7.14. The Morgan fingerprint density at radius 1 is 1.32 bits per heavy atom. The van der Waals surface area contributed by atoms with E-state index in [1.165, 1.54) is 11.8 Å². The van der Waals surface area contributed by atoms with Crippen molar-refractivity contribution in [1.29, 1.82) is 0 Å². The molecule has 1 unspecified atom stereocenters. The van der Waals surface area contributed by atoms with E-state index >= 15 is 0 Å². The quantitative estimate of drug-likeness (QED) is 0.846. The summed E-state index contributed by atoms with van der Waals surface area (Å²) in [5, 5.41) is 9.48. The van der Waals surface area contributed by atoms with Crippen molar-refractivity contribution in [3.05, 3.63) is 0 Å². The summed E-state index contributed by atoms with van der Waals surface area (Å²) in [7, 11) is 0. The van der Waals surface area contributed by atoms with Crippen molar-refractivity contribution in [1.82, 2.24) is 9.80 Å². The van der Waals surface area contributed by atoms with Crippen LogP contribution in [-0.4, -0.2) is 64.1 Å². The van der Waals surface area contributed by atoms with Gasteiger partial charge in [-0.25, -0.2) is 0 Å². The first kappa shape index (κ1) is 14.7. The van der Waals surface area contributed by atoms with Gasteiger partial charge < -0.3 is 14.9 Å². The molecule has 0 aromatic heterocycles. The van der Waals surface area contributed by atoms with Crippen molar-refractivity contribution in [3.63, 3.8) is 0 Å². The zero-order chi connectivity index (χ0) is 13.7. The highest BCUT2D eigenvalue weighted by Gasteiger charge is 2.26. The molecule has 2 amide bonds. The summed E-state index contributed by atoms with van der Waals surface area (Å²) in [5.41, 5.74) is 0. The van der Waals surface area contributed by atoms with Crippen molar-refractivity contribution in [2.24, 2.45) is 0 Å². The Labute approximate surface area is 118 Å². The van der Waals surface area contributed by atoms with Crippen molar-refractivity contribution >= 4 is 22.9 Å². The van der Waals surface area contributed by atoms with Gasteiger partial charge in [-0.1, -0.05) is 24.6 Å². The van der Waals surface area contributed by atoms with Gasteiger partial charge in [-0.2, -0.15) is 0 Å². The van der Waals surface area contributed by atoms with E-state index < -0.39 is 0 Å². The molecule has 0 aromatic rings. The molecule has 2 aliphatic rings. The number of carbonyl (C=O) groups excluding carboxylic acids is 2. The number of thioether (sulfide) groups is 1. The van der Waals surface area contributed by atoms with Crippen LogP contribution < -0.4 is 0 Å². The molecule has 0 aromatic carbocycles. The van der Waals surface area contributed by atoms with Crippen molar-refractivity contribution in [2.75, 3.05) is 32.0 Å². The summed E-state index contributed by atoms with van der Waals surface area (Å²) < 4.78 is 0. The largest absolute Gasteiger partial charge is 0.394 e. The third kappa shape index (κ3) is 3.86. The van der Waals surface area contributed by atoms with Crippen LogP contribution in [-0.2, 0) is 4.79 Å². The van der Waals surface area contributed by atoms with Crippen LogP contribution in [0.1, 0.15) is 32.1 Å². The molecule has 2 heterocycles. The molecule has 0 radical (unpaired) electrons. The van der Waals surface area contributed by atoms with E-state index in [9.17, 15) is 14.7 Å². The Morgan fingerprint density at radius 2 is 2.16 bits per heavy atom. The van der Waals surface area contributed by atoms with Crippen molar-refractivity contribution < 1.29 is 14.7 Å². The van der Waals surface area contributed by atoms with Crippen LogP contribution in [0.15, 0.2) is 0 Å². The molecule has 2 rings (SSSR count). The number of aliphatic hydroxyl groups is 1. The number of likely N-dealkylation sites (tertiary alicyclic amines) is 1. The van der Waals surface area contributed by atoms with Crippen LogP contribution in [0.4, 0.5) is 4.79 Å². The molecule has 19 heavy (non-hydrogen) atoms. The van der Waals surface area contributed by atoms with E-state index in [4.69, 9.17) is 0 Å².